The van der Waals surface area contributed by atoms with Crippen LogP contribution in [-0.4, -0.2) is 119 Å². The Hall–Kier alpha value is -6.01. The number of rotatable bonds is 29. The predicted molar refractivity (Wildman–Crippen MR) is 245 cm³/mol. The van der Waals surface area contributed by atoms with Crippen molar-refractivity contribution < 1.29 is 52.7 Å². The highest BCUT2D eigenvalue weighted by Crippen LogP contribution is 2.35. The van der Waals surface area contributed by atoms with Gasteiger partial charge in [0.15, 0.2) is 0 Å². The van der Waals surface area contributed by atoms with E-state index in [-0.39, 0.29) is 31.8 Å². The van der Waals surface area contributed by atoms with Crippen LogP contribution in [0.15, 0.2) is 84.1 Å². The maximum atomic E-state index is 13.0. The van der Waals surface area contributed by atoms with E-state index in [0.29, 0.717) is 101 Å². The average molecular weight is 920 g/mol. The molecule has 0 spiro atoms. The third-order valence-electron chi connectivity index (χ3n) is 9.30. The molecule has 1 atom stereocenters. The zero-order chi connectivity index (χ0) is 46.9. The van der Waals surface area contributed by atoms with Gasteiger partial charge >= 0.3 is 12.1 Å². The number of nitrogens with zero attached hydrogens (tertiary/aromatic N) is 5. The lowest BCUT2D eigenvalue weighted by Gasteiger charge is -2.26. The molecule has 0 bridgehead atoms. The van der Waals surface area contributed by atoms with Gasteiger partial charge in [0.2, 0.25) is 11.8 Å². The average Bonchev–Trinajstić information content (AvgIpc) is 3.27. The summed E-state index contributed by atoms with van der Waals surface area (Å²) in [5.74, 6) is -0.990. The summed E-state index contributed by atoms with van der Waals surface area (Å²) in [6, 6.07) is 21.3. The molecule has 0 saturated carbocycles. The van der Waals surface area contributed by atoms with Gasteiger partial charge in [0.25, 0.3) is 0 Å². The molecule has 0 unspecified atom stereocenters. The van der Waals surface area contributed by atoms with E-state index in [4.69, 9.17) is 45.6 Å². The number of aliphatic carboxylic acids is 1. The lowest BCUT2D eigenvalue weighted by Crippen LogP contribution is -2.39. The number of carbonyl (C=O) groups excluding carboxylic acids is 3. The maximum Gasteiger partial charge on any atom is 0.416 e. The van der Waals surface area contributed by atoms with Crippen molar-refractivity contribution >= 4 is 52.1 Å². The van der Waals surface area contributed by atoms with Crippen LogP contribution in [0.25, 0.3) is 32.3 Å². The Balaban J connectivity index is 1.21. The summed E-state index contributed by atoms with van der Waals surface area (Å²) in [5.41, 5.74) is 9.91. The van der Waals surface area contributed by atoms with E-state index >= 15 is 0 Å². The van der Waals surface area contributed by atoms with Gasteiger partial charge in [0.1, 0.15) is 23.8 Å². The van der Waals surface area contributed by atoms with Crippen molar-refractivity contribution in [1.29, 1.82) is 0 Å². The summed E-state index contributed by atoms with van der Waals surface area (Å²) < 4.78 is 33.5. The molecular formula is C46H58ClN7O11. The van der Waals surface area contributed by atoms with Gasteiger partial charge in [-0.2, -0.15) is 0 Å². The molecule has 1 heterocycles. The Morgan fingerprint density at radius 2 is 1.48 bits per heavy atom. The number of carbonyl (C=O) groups is 4. The van der Waals surface area contributed by atoms with Crippen molar-refractivity contribution in [3.63, 3.8) is 0 Å². The van der Waals surface area contributed by atoms with Gasteiger partial charge < -0.3 is 44.2 Å². The van der Waals surface area contributed by atoms with Crippen molar-refractivity contribution in [2.24, 2.45) is 5.11 Å². The number of anilines is 1. The number of benzene rings is 3. The first kappa shape index (κ1) is 51.6. The summed E-state index contributed by atoms with van der Waals surface area (Å²) in [6.45, 7) is 9.02. The summed E-state index contributed by atoms with van der Waals surface area (Å²) in [6.07, 6.45) is 1.46. The number of ether oxygens (including phenoxy) is 6. The molecule has 0 radical (unpaired) electrons. The lowest BCUT2D eigenvalue weighted by atomic mass is 9.95. The number of amides is 3. The van der Waals surface area contributed by atoms with E-state index in [1.165, 1.54) is 11.1 Å². The molecule has 1 aromatic heterocycles. The molecule has 0 fully saturated rings. The Morgan fingerprint density at radius 1 is 0.831 bits per heavy atom. The highest BCUT2D eigenvalue weighted by molar-refractivity contribution is 6.30. The van der Waals surface area contributed by atoms with Crippen LogP contribution in [0.4, 0.5) is 10.6 Å². The zero-order valence-electron chi connectivity index (χ0n) is 37.0. The van der Waals surface area contributed by atoms with Gasteiger partial charge in [-0.25, -0.2) is 9.78 Å². The zero-order valence-corrected chi connectivity index (χ0v) is 37.8. The summed E-state index contributed by atoms with van der Waals surface area (Å²) >= 11 is 6.13. The fourth-order valence-corrected chi connectivity index (χ4v) is 6.47. The number of pyridine rings is 1. The number of hydrogen-bond donors (Lipinski definition) is 3. The molecule has 0 aliphatic rings. The molecule has 0 aliphatic carbocycles. The number of carboxylic acid groups (broad SMARTS) is 1. The van der Waals surface area contributed by atoms with Gasteiger partial charge in [0, 0.05) is 41.0 Å². The van der Waals surface area contributed by atoms with Crippen LogP contribution >= 0.6 is 11.6 Å². The van der Waals surface area contributed by atoms with Crippen LogP contribution in [0.3, 0.4) is 0 Å². The molecule has 350 valence electrons. The first-order valence-corrected chi connectivity index (χ1v) is 21.7. The van der Waals surface area contributed by atoms with E-state index in [1.54, 1.807) is 45.0 Å². The number of carboxylic acids is 1. The third kappa shape index (κ3) is 19.3. The second-order valence-corrected chi connectivity index (χ2v) is 15.9. The smallest absolute Gasteiger partial charge is 0.416 e. The van der Waals surface area contributed by atoms with Crippen molar-refractivity contribution in [3.8, 4) is 16.9 Å². The normalized spacial score (nSPS) is 11.6. The summed E-state index contributed by atoms with van der Waals surface area (Å²) in [7, 11) is 0. The number of halogens is 1. The summed E-state index contributed by atoms with van der Waals surface area (Å²) in [5, 5.41) is 20.7. The Bertz CT molecular complexity index is 2180. The quantitative estimate of drug-likeness (QED) is 0.0206. The highest BCUT2D eigenvalue weighted by atomic mass is 35.5. The van der Waals surface area contributed by atoms with Crippen molar-refractivity contribution in [3.05, 3.63) is 100 Å². The number of fused-ring (bicyclic) bond motifs is 1. The SMILES string of the molecule is CC(C)(C)OC(=O)N(CCCCC(=O)NCC(=O)N[C@@H](CC(=O)O)c1ccc(-c2ccc(OCCOCCOCCOCCOCCN=[N+]=[N-])c3ccccc23)cc1)c1cc(Cl)ccn1. The molecule has 65 heavy (non-hydrogen) atoms. The van der Waals surface area contributed by atoms with Crippen molar-refractivity contribution in [1.82, 2.24) is 15.6 Å². The number of hydrogen-bond acceptors (Lipinski definition) is 12. The molecule has 0 saturated heterocycles. The Kier molecular flexibility index (Phi) is 22.3. The van der Waals surface area contributed by atoms with Gasteiger partial charge in [-0.05, 0) is 79.4 Å². The van der Waals surface area contributed by atoms with Gasteiger partial charge in [-0.1, -0.05) is 71.3 Å². The minimum atomic E-state index is -1.10. The molecule has 4 rings (SSSR count). The largest absolute Gasteiger partial charge is 0.491 e. The molecular weight excluding hydrogens is 862 g/mol. The standard InChI is InChI=1S/C46H58ClN7O11/c1-46(2,3)65-45(59)54(41-30-35(47)17-18-49-41)20-7-6-10-42(55)50-32-43(56)52-39(31-44(57)58)34-13-11-33(12-14-34)36-15-16-40(38-9-5-4-8-37(36)38)64-29-28-63-27-26-62-25-24-61-23-22-60-21-19-51-53-48/h4-5,8-9,11-18,30,39H,6-7,10,19-29,31-32H2,1-3H3,(H,50,55)(H,52,56)(H,57,58)/t39-/m0/s1. The predicted octanol–water partition coefficient (Wildman–Crippen LogP) is 7.67. The summed E-state index contributed by atoms with van der Waals surface area (Å²) in [4.78, 5) is 58.7. The topological polar surface area (TPSA) is 233 Å². The van der Waals surface area contributed by atoms with Crippen LogP contribution < -0.4 is 20.3 Å². The second kappa shape index (κ2) is 28.0. The maximum absolute atomic E-state index is 13.0. The van der Waals surface area contributed by atoms with Gasteiger partial charge in [-0.3, -0.25) is 19.3 Å². The number of unbranched alkanes of at least 4 members (excludes halogenated alkanes) is 1. The van der Waals surface area contributed by atoms with Crippen LogP contribution in [0, 0.1) is 0 Å². The molecule has 19 heteroatoms. The molecule has 3 N–H and O–H groups in total. The van der Waals surface area contributed by atoms with Crippen LogP contribution in [0.5, 0.6) is 5.75 Å². The second-order valence-electron chi connectivity index (χ2n) is 15.4. The monoisotopic (exact) mass is 919 g/mol. The minimum Gasteiger partial charge on any atom is -0.491 e. The van der Waals surface area contributed by atoms with Crippen LogP contribution in [0.2, 0.25) is 5.02 Å². The van der Waals surface area contributed by atoms with Crippen molar-refractivity contribution in [2.45, 2.75) is 58.1 Å². The van der Waals surface area contributed by atoms with Gasteiger partial charge in [-0.15, -0.1) is 0 Å². The third-order valence-corrected chi connectivity index (χ3v) is 9.54. The Labute approximate surface area is 383 Å². The fraction of sp³-hybridized carbons (Fsp3) is 0.457. The number of aromatic nitrogens is 1. The van der Waals surface area contributed by atoms with Gasteiger partial charge in [0.05, 0.1) is 71.9 Å². The number of nitrogens with one attached hydrogen (secondary N) is 2. The van der Waals surface area contributed by atoms with E-state index < -0.39 is 29.6 Å². The molecule has 3 amide bonds. The van der Waals surface area contributed by atoms with E-state index in [2.05, 4.69) is 25.6 Å². The van der Waals surface area contributed by atoms with Crippen molar-refractivity contribution in [2.75, 3.05) is 84.0 Å². The van der Waals surface area contributed by atoms with Crippen LogP contribution in [0.1, 0.15) is 58.1 Å². The number of azide groups is 1. The molecule has 3 aromatic carbocycles. The van der Waals surface area contributed by atoms with E-state index in [9.17, 15) is 24.3 Å². The molecule has 4 aromatic rings. The minimum absolute atomic E-state index is 0.0887. The highest BCUT2D eigenvalue weighted by Gasteiger charge is 2.25. The lowest BCUT2D eigenvalue weighted by molar-refractivity contribution is -0.138. The fourth-order valence-electron chi connectivity index (χ4n) is 6.32. The van der Waals surface area contributed by atoms with E-state index in [1.807, 2.05) is 48.5 Å². The molecule has 0 aliphatic heterocycles. The molecule has 18 nitrogen and oxygen atoms in total. The van der Waals surface area contributed by atoms with E-state index in [0.717, 1.165) is 21.9 Å². The Morgan fingerprint density at radius 3 is 2.11 bits per heavy atom. The van der Waals surface area contributed by atoms with Crippen LogP contribution in [-0.2, 0) is 38.1 Å². The first-order chi connectivity index (χ1) is 31.3. The first-order valence-electron chi connectivity index (χ1n) is 21.3.